The van der Waals surface area contributed by atoms with Crippen LogP contribution in [0.1, 0.15) is 103 Å². The fourth-order valence-corrected chi connectivity index (χ4v) is 9.13. The minimum Gasteiger partial charge on any atom is -0.870 e. The average Bonchev–Trinajstić information content (AvgIpc) is 3.74. The summed E-state index contributed by atoms with van der Waals surface area (Å²) in [5.74, 6) is -2.55. The van der Waals surface area contributed by atoms with E-state index in [-0.39, 0.29) is 91.6 Å². The molecule has 4 aromatic carbocycles. The SMILES string of the molecule is CC(C)(C)OC(=O)N1CCc2c(C(=O)O)nn(-c3ccc(Cl)cc3Cl)c2/C(=C/c2ccc(F)cc2)C1.CCOC(=O)c1nn(-c2ccc(Cl)cc2Cl)c2c1CCN(C(=O)OC(C)(C)C)C/C2=C\c1ccc(F)cc1.[Li+].[OH-]. The van der Waals surface area contributed by atoms with Gasteiger partial charge in [0.1, 0.15) is 22.8 Å². The standard InChI is InChI=1S/C28H28Cl2FN3O4.C26H24Cl2FN3O4.Li.H2O/c1-5-37-26(35)24-21-12-13-33(27(36)38-28(2,3)4)16-18(14-17-6-9-20(31)10-7-17)25(21)34(32-24)23-11-8-19(29)15-22(23)30;1-26(2,3)36-25(35)31-11-10-19-22(24(33)34)30-32(21-9-6-17(27)13-20(21)28)23(19)16(14-31)12-15-4-7-18(29)8-5-15;;/h6-11,14-15H,5,12-13,16H2,1-4H3;4-9,12-13H,10-11,14H2,1-3H3,(H,33,34);;1H2/q;;+1;/p-1/b18-14+;16-12+;;. The molecule has 8 rings (SSSR count). The van der Waals surface area contributed by atoms with Crippen LogP contribution in [0.4, 0.5) is 18.4 Å². The van der Waals surface area contributed by atoms with Gasteiger partial charge >= 0.3 is 43.0 Å². The van der Waals surface area contributed by atoms with Crippen molar-refractivity contribution in [2.24, 2.45) is 0 Å². The zero-order valence-corrected chi connectivity index (χ0v) is 45.9. The Bertz CT molecular complexity index is 3190. The number of hydrogen-bond donors (Lipinski definition) is 1. The van der Waals surface area contributed by atoms with Crippen LogP contribution in [0.5, 0.6) is 0 Å². The van der Waals surface area contributed by atoms with E-state index in [4.69, 9.17) is 60.6 Å². The van der Waals surface area contributed by atoms with Gasteiger partial charge in [-0.3, -0.25) is 0 Å². The number of fused-ring (bicyclic) bond motifs is 2. The molecule has 0 aliphatic carbocycles. The second kappa shape index (κ2) is 25.3. The molecule has 2 aliphatic rings. The minimum atomic E-state index is -1.21. The van der Waals surface area contributed by atoms with Crippen molar-refractivity contribution in [3.63, 3.8) is 0 Å². The molecule has 0 fully saturated rings. The zero-order chi connectivity index (χ0) is 53.8. The Morgan fingerprint density at radius 3 is 1.37 bits per heavy atom. The Morgan fingerprint density at radius 1 is 0.632 bits per heavy atom. The summed E-state index contributed by atoms with van der Waals surface area (Å²) in [6, 6.07) is 21.6. The van der Waals surface area contributed by atoms with Gasteiger partial charge in [-0.05, 0) is 156 Å². The summed E-state index contributed by atoms with van der Waals surface area (Å²) in [5.41, 5.74) is 4.26. The molecule has 0 bridgehead atoms. The van der Waals surface area contributed by atoms with Crippen molar-refractivity contribution >= 4 is 93.8 Å². The summed E-state index contributed by atoms with van der Waals surface area (Å²) in [7, 11) is 0. The number of ether oxygens (including phenoxy) is 3. The Morgan fingerprint density at radius 2 is 1.01 bits per heavy atom. The van der Waals surface area contributed by atoms with Gasteiger partial charge in [0.15, 0.2) is 11.4 Å². The number of halogens is 6. The third kappa shape index (κ3) is 14.9. The first-order valence-electron chi connectivity index (χ1n) is 23.3. The van der Waals surface area contributed by atoms with Crippen molar-refractivity contribution in [1.29, 1.82) is 0 Å². The molecule has 4 heterocycles. The van der Waals surface area contributed by atoms with Crippen LogP contribution >= 0.6 is 46.4 Å². The van der Waals surface area contributed by atoms with Gasteiger partial charge in [0.05, 0.1) is 52.5 Å². The molecular formula is C54H53Cl4F2LiN6O9. The molecule has 0 saturated heterocycles. The van der Waals surface area contributed by atoms with Gasteiger partial charge in [-0.1, -0.05) is 70.7 Å². The molecule has 76 heavy (non-hydrogen) atoms. The van der Waals surface area contributed by atoms with E-state index in [0.717, 1.165) is 0 Å². The number of amides is 2. The van der Waals surface area contributed by atoms with E-state index < -0.39 is 35.3 Å². The molecule has 0 atom stereocenters. The van der Waals surface area contributed by atoms with E-state index in [0.29, 0.717) is 77.7 Å². The first-order valence-corrected chi connectivity index (χ1v) is 24.8. The molecule has 396 valence electrons. The van der Waals surface area contributed by atoms with Gasteiger partial charge in [0, 0.05) is 34.3 Å². The van der Waals surface area contributed by atoms with Gasteiger partial charge in [0.25, 0.3) is 0 Å². The summed E-state index contributed by atoms with van der Waals surface area (Å²) in [5, 5.41) is 20.4. The molecule has 0 spiro atoms. The average molecular weight is 1120 g/mol. The molecule has 0 radical (unpaired) electrons. The minimum absolute atomic E-state index is 0. The summed E-state index contributed by atoms with van der Waals surface area (Å²) >= 11 is 25.3. The van der Waals surface area contributed by atoms with Crippen LogP contribution in [-0.2, 0) is 27.1 Å². The number of carboxylic acids is 1. The molecule has 2 amide bonds. The molecular weight excluding hydrogens is 1060 g/mol. The maximum Gasteiger partial charge on any atom is 1.00 e. The van der Waals surface area contributed by atoms with Crippen molar-refractivity contribution in [3.8, 4) is 11.4 Å². The number of aromatic carboxylic acids is 1. The molecule has 2 N–H and O–H groups in total. The molecule has 22 heteroatoms. The van der Waals surface area contributed by atoms with Crippen molar-refractivity contribution < 1.29 is 71.6 Å². The molecule has 2 aliphatic heterocycles. The van der Waals surface area contributed by atoms with Crippen LogP contribution in [0.25, 0.3) is 34.7 Å². The summed E-state index contributed by atoms with van der Waals surface area (Å²) in [6.07, 6.45) is 3.12. The Labute approximate surface area is 470 Å². The first-order chi connectivity index (χ1) is 34.9. The fourth-order valence-electron chi connectivity index (χ4n) is 8.15. The number of hydrogen-bond acceptors (Lipinski definition) is 10. The molecule has 2 aromatic heterocycles. The van der Waals surface area contributed by atoms with E-state index in [1.807, 2.05) is 6.08 Å². The number of benzene rings is 4. The molecule has 0 saturated carbocycles. The smallest absolute Gasteiger partial charge is 0.870 e. The number of nitrogens with zero attached hydrogens (tertiary/aromatic N) is 6. The molecule has 6 aromatic rings. The van der Waals surface area contributed by atoms with E-state index in [1.54, 1.807) is 125 Å². The second-order valence-electron chi connectivity index (χ2n) is 19.1. The van der Waals surface area contributed by atoms with Crippen molar-refractivity contribution in [2.45, 2.75) is 72.5 Å². The monoisotopic (exact) mass is 1110 g/mol. The topological polar surface area (TPSA) is 188 Å². The van der Waals surface area contributed by atoms with Crippen LogP contribution in [0.2, 0.25) is 20.1 Å². The van der Waals surface area contributed by atoms with Crippen LogP contribution in [0.3, 0.4) is 0 Å². The number of aromatic nitrogens is 4. The third-order valence-electron chi connectivity index (χ3n) is 11.2. The van der Waals surface area contributed by atoms with E-state index in [9.17, 15) is 33.1 Å². The maximum absolute atomic E-state index is 13.6. The zero-order valence-electron chi connectivity index (χ0n) is 42.9. The van der Waals surface area contributed by atoms with Crippen LogP contribution in [0, 0.1) is 11.6 Å². The third-order valence-corrected chi connectivity index (χ3v) is 12.3. The Hall–Kier alpha value is -6.16. The van der Waals surface area contributed by atoms with E-state index in [2.05, 4.69) is 10.2 Å². The number of carbonyl (C=O) groups excluding carboxylic acids is 3. The van der Waals surface area contributed by atoms with Gasteiger partial charge < -0.3 is 34.6 Å². The fraction of sp³-hybridized carbons (Fsp3) is 0.296. The van der Waals surface area contributed by atoms with Crippen molar-refractivity contribution in [2.75, 3.05) is 32.8 Å². The summed E-state index contributed by atoms with van der Waals surface area (Å²) in [4.78, 5) is 54.4. The van der Waals surface area contributed by atoms with Crippen LogP contribution in [0.15, 0.2) is 84.9 Å². The normalized spacial score (nSPS) is 14.4. The predicted octanol–water partition coefficient (Wildman–Crippen LogP) is 10.0. The Balaban J connectivity index is 0.000000274. The quantitative estimate of drug-likeness (QED) is 0.0910. The van der Waals surface area contributed by atoms with E-state index >= 15 is 0 Å². The van der Waals surface area contributed by atoms with Gasteiger partial charge in [-0.15, -0.1) is 0 Å². The number of carboxylic acid groups (broad SMARTS) is 1. The molecule has 0 unspecified atom stereocenters. The van der Waals surface area contributed by atoms with Gasteiger partial charge in [0.2, 0.25) is 0 Å². The number of rotatable bonds is 7. The van der Waals surface area contributed by atoms with Crippen LogP contribution in [-0.4, -0.2) is 108 Å². The largest absolute Gasteiger partial charge is 1.00 e. The second-order valence-corrected chi connectivity index (χ2v) is 20.8. The Kier molecular flexibility index (Phi) is 20.2. The number of carbonyl (C=O) groups is 4. The number of esters is 1. The van der Waals surface area contributed by atoms with Gasteiger partial charge in [-0.25, -0.2) is 37.3 Å². The maximum atomic E-state index is 13.6. The van der Waals surface area contributed by atoms with Crippen molar-refractivity contribution in [1.82, 2.24) is 29.4 Å². The molecule has 15 nitrogen and oxygen atoms in total. The van der Waals surface area contributed by atoms with Crippen molar-refractivity contribution in [3.05, 3.63) is 162 Å². The first kappa shape index (κ1) is 60.7. The summed E-state index contributed by atoms with van der Waals surface area (Å²) in [6.45, 7) is 13.3. The predicted molar refractivity (Wildman–Crippen MR) is 284 cm³/mol. The summed E-state index contributed by atoms with van der Waals surface area (Å²) < 4.78 is 46.8. The van der Waals surface area contributed by atoms with E-state index in [1.165, 1.54) is 33.8 Å². The van der Waals surface area contributed by atoms with Gasteiger partial charge in [-0.2, -0.15) is 10.2 Å². The van der Waals surface area contributed by atoms with Crippen LogP contribution < -0.4 is 18.9 Å².